The lowest BCUT2D eigenvalue weighted by molar-refractivity contribution is -0.0503. The van der Waals surface area contributed by atoms with Gasteiger partial charge in [-0.2, -0.15) is 8.78 Å². The number of allylic oxidation sites excluding steroid dienone is 1. The van der Waals surface area contributed by atoms with Crippen molar-refractivity contribution in [3.05, 3.63) is 47.8 Å². The fourth-order valence-corrected chi connectivity index (χ4v) is 1.57. The molecule has 0 bridgehead atoms. The van der Waals surface area contributed by atoms with E-state index in [9.17, 15) is 8.78 Å². The Morgan fingerprint density at radius 3 is 2.53 bits per heavy atom. The molecule has 0 aliphatic rings. The highest BCUT2D eigenvalue weighted by molar-refractivity contribution is 9.10. The largest absolute Gasteiger partial charge is 0.434 e. The van der Waals surface area contributed by atoms with Crippen molar-refractivity contribution in [2.24, 2.45) is 0 Å². The van der Waals surface area contributed by atoms with Crippen molar-refractivity contribution in [1.82, 2.24) is 0 Å². The highest BCUT2D eigenvalue weighted by Gasteiger charge is 2.10. The lowest BCUT2D eigenvalue weighted by Crippen LogP contribution is -2.02. The maximum Gasteiger partial charge on any atom is 0.387 e. The maximum absolute atomic E-state index is 12.0. The van der Waals surface area contributed by atoms with Gasteiger partial charge in [0.15, 0.2) is 0 Å². The number of hydrogen-bond acceptors (Lipinski definition) is 1. The Morgan fingerprint density at radius 1 is 1.40 bits per heavy atom. The third kappa shape index (κ3) is 3.30. The molecule has 1 radical (unpaired) electrons. The van der Waals surface area contributed by atoms with Crippen LogP contribution in [0.3, 0.4) is 0 Å². The average Bonchev–Trinajstić information content (AvgIpc) is 2.19. The number of benzene rings is 1. The summed E-state index contributed by atoms with van der Waals surface area (Å²) >= 11 is 3.15. The van der Waals surface area contributed by atoms with Crippen molar-refractivity contribution >= 4 is 15.9 Å². The molecule has 0 saturated heterocycles. The third-order valence-corrected chi connectivity index (χ3v) is 2.50. The van der Waals surface area contributed by atoms with Gasteiger partial charge in [-0.1, -0.05) is 12.1 Å². The van der Waals surface area contributed by atoms with E-state index in [0.717, 1.165) is 5.56 Å². The van der Waals surface area contributed by atoms with Gasteiger partial charge in [-0.3, -0.25) is 0 Å². The molecule has 0 aliphatic heterocycles. The van der Waals surface area contributed by atoms with E-state index < -0.39 is 6.61 Å². The summed E-state index contributed by atoms with van der Waals surface area (Å²) in [7, 11) is 0. The van der Waals surface area contributed by atoms with Crippen LogP contribution in [0.2, 0.25) is 0 Å². The van der Waals surface area contributed by atoms with E-state index in [1.807, 2.05) is 0 Å². The predicted octanol–water partition coefficient (Wildman–Crippen LogP) is 4.15. The molecule has 1 rings (SSSR count). The number of hydrogen-bond donors (Lipinski definition) is 0. The van der Waals surface area contributed by atoms with Crippen molar-refractivity contribution in [2.75, 3.05) is 0 Å². The number of alkyl halides is 2. The van der Waals surface area contributed by atoms with Crippen molar-refractivity contribution in [3.8, 4) is 5.75 Å². The smallest absolute Gasteiger partial charge is 0.387 e. The molecule has 1 aromatic carbocycles. The van der Waals surface area contributed by atoms with Gasteiger partial charge in [0, 0.05) is 5.92 Å². The van der Waals surface area contributed by atoms with E-state index >= 15 is 0 Å². The molecule has 0 spiro atoms. The molecule has 0 fully saturated rings. The normalized spacial score (nSPS) is 12.6. The first-order chi connectivity index (χ1) is 7.04. The maximum atomic E-state index is 12.0. The summed E-state index contributed by atoms with van der Waals surface area (Å²) in [5, 5.41) is 0. The Bertz CT molecular complexity index is 352. The van der Waals surface area contributed by atoms with E-state index in [-0.39, 0.29) is 11.7 Å². The second kappa shape index (κ2) is 5.26. The second-order valence-corrected chi connectivity index (χ2v) is 3.76. The fourth-order valence-electron chi connectivity index (χ4n) is 1.08. The number of ether oxygens (including phenoxy) is 1. The molecular weight excluding hydrogens is 266 g/mol. The Hall–Kier alpha value is -0.900. The lowest BCUT2D eigenvalue weighted by atomic mass is 10.0. The highest BCUT2D eigenvalue weighted by atomic mass is 79.9. The van der Waals surface area contributed by atoms with E-state index in [1.54, 1.807) is 18.2 Å². The van der Waals surface area contributed by atoms with Gasteiger partial charge in [0.2, 0.25) is 0 Å². The van der Waals surface area contributed by atoms with Crippen molar-refractivity contribution in [3.63, 3.8) is 0 Å². The molecule has 0 heterocycles. The Labute approximate surface area is 95.9 Å². The quantitative estimate of drug-likeness (QED) is 0.750. The summed E-state index contributed by atoms with van der Waals surface area (Å²) in [6.07, 6.45) is 1.68. The summed E-state index contributed by atoms with van der Waals surface area (Å²) in [6.45, 7) is 4.62. The average molecular weight is 276 g/mol. The van der Waals surface area contributed by atoms with E-state index in [1.165, 1.54) is 6.07 Å². The molecule has 81 valence electrons. The van der Waals surface area contributed by atoms with Crippen LogP contribution in [0.1, 0.15) is 11.5 Å². The summed E-state index contributed by atoms with van der Waals surface area (Å²) in [4.78, 5) is 0. The Kier molecular flexibility index (Phi) is 4.27. The highest BCUT2D eigenvalue weighted by Crippen LogP contribution is 2.30. The molecule has 1 unspecified atom stereocenters. The minimum atomic E-state index is -2.82. The molecule has 0 N–H and O–H groups in total. The van der Waals surface area contributed by atoms with E-state index in [4.69, 9.17) is 0 Å². The van der Waals surface area contributed by atoms with Crippen molar-refractivity contribution in [1.29, 1.82) is 0 Å². The second-order valence-electron chi connectivity index (χ2n) is 2.91. The van der Waals surface area contributed by atoms with Gasteiger partial charge in [0.1, 0.15) is 5.75 Å². The molecule has 0 aromatic heterocycles. The topological polar surface area (TPSA) is 9.23 Å². The summed E-state index contributed by atoms with van der Waals surface area (Å²) in [5.74, 6) is 0.0481. The van der Waals surface area contributed by atoms with Crippen LogP contribution in [0.4, 0.5) is 8.78 Å². The predicted molar refractivity (Wildman–Crippen MR) is 59.1 cm³/mol. The molecular formula is C11H10BrF2O. The minimum absolute atomic E-state index is 0.0677. The van der Waals surface area contributed by atoms with Crippen LogP contribution >= 0.6 is 15.9 Å². The number of rotatable bonds is 4. The van der Waals surface area contributed by atoms with Gasteiger partial charge in [-0.15, -0.1) is 6.58 Å². The zero-order chi connectivity index (χ0) is 11.4. The van der Waals surface area contributed by atoms with Gasteiger partial charge in [-0.05, 0) is 40.5 Å². The zero-order valence-corrected chi connectivity index (χ0v) is 9.51. The van der Waals surface area contributed by atoms with Crippen LogP contribution in [0.15, 0.2) is 35.3 Å². The van der Waals surface area contributed by atoms with E-state index in [0.29, 0.717) is 4.47 Å². The standard InChI is InChI=1S/C11H10BrF2O/c1-3-7(2)8-4-5-10(9(12)6-8)15-11(13)14/h3-7,11H,1-2H2. The van der Waals surface area contributed by atoms with Crippen LogP contribution in [0.5, 0.6) is 5.75 Å². The first-order valence-electron chi connectivity index (χ1n) is 4.24. The molecule has 1 nitrogen and oxygen atoms in total. The van der Waals surface area contributed by atoms with Gasteiger partial charge < -0.3 is 4.74 Å². The first kappa shape index (κ1) is 12.2. The zero-order valence-electron chi connectivity index (χ0n) is 7.92. The first-order valence-corrected chi connectivity index (χ1v) is 5.03. The number of halogens is 3. The lowest BCUT2D eigenvalue weighted by Gasteiger charge is -2.10. The summed E-state index contributed by atoms with van der Waals surface area (Å²) in [5.41, 5.74) is 0.887. The Morgan fingerprint density at radius 2 is 2.07 bits per heavy atom. The van der Waals surface area contributed by atoms with Crippen molar-refractivity contribution in [2.45, 2.75) is 12.5 Å². The van der Waals surface area contributed by atoms with Crippen LogP contribution in [-0.2, 0) is 0 Å². The molecule has 1 aromatic rings. The molecule has 1 atom stereocenters. The van der Waals surface area contributed by atoms with Crippen LogP contribution < -0.4 is 4.74 Å². The molecule has 0 saturated carbocycles. The minimum Gasteiger partial charge on any atom is -0.434 e. The van der Waals surface area contributed by atoms with Gasteiger partial charge in [0.25, 0.3) is 0 Å². The van der Waals surface area contributed by atoms with Crippen LogP contribution in [0, 0.1) is 6.92 Å². The molecule has 4 heteroatoms. The van der Waals surface area contributed by atoms with Crippen molar-refractivity contribution < 1.29 is 13.5 Å². The monoisotopic (exact) mass is 275 g/mol. The van der Waals surface area contributed by atoms with Gasteiger partial charge in [0.05, 0.1) is 4.47 Å². The third-order valence-electron chi connectivity index (χ3n) is 1.88. The van der Waals surface area contributed by atoms with E-state index in [2.05, 4.69) is 34.2 Å². The molecule has 0 aliphatic carbocycles. The SMILES string of the molecule is [CH2]C(C=C)c1ccc(OC(F)F)c(Br)c1. The molecule has 15 heavy (non-hydrogen) atoms. The summed E-state index contributed by atoms with van der Waals surface area (Å²) < 4.78 is 28.7. The fraction of sp³-hybridized carbons (Fsp3) is 0.182. The Balaban J connectivity index is 2.92. The van der Waals surface area contributed by atoms with Gasteiger partial charge >= 0.3 is 6.61 Å². The summed E-state index contributed by atoms with van der Waals surface area (Å²) in [6, 6.07) is 4.85. The van der Waals surface area contributed by atoms with Crippen LogP contribution in [-0.4, -0.2) is 6.61 Å². The molecule has 0 amide bonds. The van der Waals surface area contributed by atoms with Gasteiger partial charge in [-0.25, -0.2) is 0 Å². The van der Waals surface area contributed by atoms with Crippen LogP contribution in [0.25, 0.3) is 0 Å².